The quantitative estimate of drug-likeness (QED) is 0.339. The van der Waals surface area contributed by atoms with Gasteiger partial charge in [0.15, 0.2) is 5.82 Å². The zero-order valence-corrected chi connectivity index (χ0v) is 15.3. The molecule has 0 N–H and O–H groups in total. The van der Waals surface area contributed by atoms with Crippen molar-refractivity contribution in [3.05, 3.63) is 83.9 Å². The van der Waals surface area contributed by atoms with Gasteiger partial charge >= 0.3 is 0 Å². The molecule has 0 amide bonds. The molecule has 2 heterocycles. The summed E-state index contributed by atoms with van der Waals surface area (Å²) in [4.78, 5) is 9.83. The van der Waals surface area contributed by atoms with E-state index in [-0.39, 0.29) is 0 Å². The van der Waals surface area contributed by atoms with Gasteiger partial charge in [-0.15, -0.1) is 11.3 Å². The minimum Gasteiger partial charge on any atom is -0.226 e. The smallest absolute Gasteiger partial charge is 0.160 e. The molecule has 2 nitrogen and oxygen atoms in total. The van der Waals surface area contributed by atoms with Crippen LogP contribution in [0.2, 0.25) is 5.02 Å². The van der Waals surface area contributed by atoms with Crippen molar-refractivity contribution in [1.82, 2.24) is 9.97 Å². The Kier molecular flexibility index (Phi) is 3.70. The lowest BCUT2D eigenvalue weighted by atomic mass is 10.1. The summed E-state index contributed by atoms with van der Waals surface area (Å²) in [5.74, 6) is 0.719. The van der Waals surface area contributed by atoms with Gasteiger partial charge in [-0.1, -0.05) is 60.1 Å². The van der Waals surface area contributed by atoms with Crippen LogP contribution < -0.4 is 0 Å². The number of aromatic nitrogens is 2. The molecule has 3 aromatic carbocycles. The molecule has 0 fully saturated rings. The topological polar surface area (TPSA) is 25.8 Å². The van der Waals surface area contributed by atoms with Crippen molar-refractivity contribution >= 4 is 43.2 Å². The largest absolute Gasteiger partial charge is 0.226 e. The predicted molar refractivity (Wildman–Crippen MR) is 111 cm³/mol. The Morgan fingerprint density at radius 1 is 0.692 bits per heavy atom. The zero-order valence-electron chi connectivity index (χ0n) is 13.7. The molecule has 4 heteroatoms. The van der Waals surface area contributed by atoms with Crippen LogP contribution in [0.3, 0.4) is 0 Å². The van der Waals surface area contributed by atoms with Crippen molar-refractivity contribution in [3.8, 4) is 22.6 Å². The van der Waals surface area contributed by atoms with Crippen LogP contribution in [0.15, 0.2) is 78.9 Å². The average molecular weight is 373 g/mol. The standard InChI is InChI=1S/C22H13ClN2S/c23-16-12-10-15(11-13-16)22-24-19(14-6-2-1-3-7-14)21-20(25-22)17-8-4-5-9-18(17)26-21/h1-13H. The number of fused-ring (bicyclic) bond motifs is 3. The number of hydrogen-bond acceptors (Lipinski definition) is 3. The maximum absolute atomic E-state index is 6.04. The molecule has 5 rings (SSSR count). The van der Waals surface area contributed by atoms with E-state index in [9.17, 15) is 0 Å². The van der Waals surface area contributed by atoms with Gasteiger partial charge in [-0.3, -0.25) is 0 Å². The van der Waals surface area contributed by atoms with Crippen LogP contribution in [0.5, 0.6) is 0 Å². The SMILES string of the molecule is Clc1ccc(-c2nc(-c3ccccc3)c3sc4ccccc4c3n2)cc1. The maximum Gasteiger partial charge on any atom is 0.160 e. The van der Waals surface area contributed by atoms with Crippen LogP contribution in [-0.4, -0.2) is 9.97 Å². The van der Waals surface area contributed by atoms with Crippen molar-refractivity contribution in [3.63, 3.8) is 0 Å². The first-order chi connectivity index (χ1) is 12.8. The first-order valence-electron chi connectivity index (χ1n) is 8.30. The number of halogens is 1. The first kappa shape index (κ1) is 15.5. The minimum atomic E-state index is 0.707. The van der Waals surface area contributed by atoms with E-state index >= 15 is 0 Å². The van der Waals surface area contributed by atoms with E-state index in [4.69, 9.17) is 21.6 Å². The molecular weight excluding hydrogens is 360 g/mol. The third-order valence-electron chi connectivity index (χ3n) is 4.37. The Morgan fingerprint density at radius 2 is 1.42 bits per heavy atom. The number of benzene rings is 3. The molecule has 0 unspecified atom stereocenters. The van der Waals surface area contributed by atoms with Crippen molar-refractivity contribution in [2.45, 2.75) is 0 Å². The molecule has 2 aromatic heterocycles. The molecule has 0 aliphatic heterocycles. The highest BCUT2D eigenvalue weighted by atomic mass is 35.5. The highest BCUT2D eigenvalue weighted by molar-refractivity contribution is 7.26. The van der Waals surface area contributed by atoms with Gasteiger partial charge in [0, 0.05) is 26.2 Å². The van der Waals surface area contributed by atoms with Crippen molar-refractivity contribution in [2.24, 2.45) is 0 Å². The minimum absolute atomic E-state index is 0.707. The summed E-state index contributed by atoms with van der Waals surface area (Å²) < 4.78 is 2.34. The fraction of sp³-hybridized carbons (Fsp3) is 0. The Morgan fingerprint density at radius 3 is 2.23 bits per heavy atom. The third-order valence-corrected chi connectivity index (χ3v) is 5.79. The Hall–Kier alpha value is -2.75. The number of hydrogen-bond donors (Lipinski definition) is 0. The second kappa shape index (κ2) is 6.20. The second-order valence-corrected chi connectivity index (χ2v) is 7.53. The number of nitrogens with zero attached hydrogens (tertiary/aromatic N) is 2. The maximum atomic E-state index is 6.04. The average Bonchev–Trinajstić information content (AvgIpc) is 3.07. The molecule has 124 valence electrons. The van der Waals surface area contributed by atoms with E-state index in [2.05, 4.69) is 36.4 Å². The van der Waals surface area contributed by atoms with Gasteiger partial charge in [-0.25, -0.2) is 9.97 Å². The molecule has 0 saturated carbocycles. The molecule has 5 aromatic rings. The highest BCUT2D eigenvalue weighted by Gasteiger charge is 2.16. The van der Waals surface area contributed by atoms with E-state index in [1.807, 2.05) is 42.5 Å². The lowest BCUT2D eigenvalue weighted by Crippen LogP contribution is -1.93. The third kappa shape index (κ3) is 2.57. The summed E-state index contributed by atoms with van der Waals surface area (Å²) >= 11 is 7.79. The Bertz CT molecular complexity index is 1230. The van der Waals surface area contributed by atoms with E-state index in [1.54, 1.807) is 11.3 Å². The Balaban J connectivity index is 1.87. The van der Waals surface area contributed by atoms with E-state index in [0.29, 0.717) is 5.02 Å². The van der Waals surface area contributed by atoms with Crippen LogP contribution in [-0.2, 0) is 0 Å². The van der Waals surface area contributed by atoms with Crippen molar-refractivity contribution in [2.75, 3.05) is 0 Å². The number of thiophene rings is 1. The molecule has 0 atom stereocenters. The molecule has 0 saturated heterocycles. The summed E-state index contributed by atoms with van der Waals surface area (Å²) in [7, 11) is 0. The molecule has 0 aliphatic carbocycles. The lowest BCUT2D eigenvalue weighted by molar-refractivity contribution is 1.24. The van der Waals surface area contributed by atoms with Crippen LogP contribution in [0, 0.1) is 0 Å². The number of rotatable bonds is 2. The molecule has 26 heavy (non-hydrogen) atoms. The second-order valence-electron chi connectivity index (χ2n) is 6.04. The summed E-state index contributed by atoms with van der Waals surface area (Å²) in [5.41, 5.74) is 4.04. The van der Waals surface area contributed by atoms with E-state index in [1.165, 1.54) is 10.1 Å². The van der Waals surface area contributed by atoms with Crippen LogP contribution >= 0.6 is 22.9 Å². The van der Waals surface area contributed by atoms with Gasteiger partial charge < -0.3 is 0 Å². The van der Waals surface area contributed by atoms with Gasteiger partial charge in [-0.2, -0.15) is 0 Å². The first-order valence-corrected chi connectivity index (χ1v) is 9.50. The fourth-order valence-corrected chi connectivity index (χ4v) is 4.39. The molecule has 0 spiro atoms. The lowest BCUT2D eigenvalue weighted by Gasteiger charge is -2.07. The van der Waals surface area contributed by atoms with Gasteiger partial charge in [0.2, 0.25) is 0 Å². The van der Waals surface area contributed by atoms with Crippen LogP contribution in [0.4, 0.5) is 0 Å². The predicted octanol–water partition coefficient (Wildman–Crippen LogP) is 6.83. The van der Waals surface area contributed by atoms with Gasteiger partial charge in [0.25, 0.3) is 0 Å². The van der Waals surface area contributed by atoms with Crippen LogP contribution in [0.25, 0.3) is 42.9 Å². The van der Waals surface area contributed by atoms with Gasteiger partial charge in [-0.05, 0) is 30.3 Å². The zero-order chi connectivity index (χ0) is 17.5. The summed E-state index contributed by atoms with van der Waals surface area (Å²) in [5, 5.41) is 1.88. The normalized spacial score (nSPS) is 11.3. The van der Waals surface area contributed by atoms with Crippen LogP contribution in [0.1, 0.15) is 0 Å². The summed E-state index contributed by atoms with van der Waals surface area (Å²) in [6.07, 6.45) is 0. The van der Waals surface area contributed by atoms with E-state index < -0.39 is 0 Å². The molecule has 0 radical (unpaired) electrons. The molecule has 0 aliphatic rings. The molecule has 0 bridgehead atoms. The summed E-state index contributed by atoms with van der Waals surface area (Å²) in [6, 6.07) is 26.4. The van der Waals surface area contributed by atoms with Gasteiger partial charge in [0.1, 0.15) is 0 Å². The van der Waals surface area contributed by atoms with Crippen molar-refractivity contribution in [1.29, 1.82) is 0 Å². The Labute approximate surface area is 159 Å². The van der Waals surface area contributed by atoms with Crippen molar-refractivity contribution < 1.29 is 0 Å². The summed E-state index contributed by atoms with van der Waals surface area (Å²) in [6.45, 7) is 0. The van der Waals surface area contributed by atoms with Gasteiger partial charge in [0.05, 0.1) is 15.9 Å². The highest BCUT2D eigenvalue weighted by Crippen LogP contribution is 2.39. The molecular formula is C22H13ClN2S. The van der Waals surface area contributed by atoms with E-state index in [0.717, 1.165) is 32.9 Å². The monoisotopic (exact) mass is 372 g/mol. The fourth-order valence-electron chi connectivity index (χ4n) is 3.11.